The van der Waals surface area contributed by atoms with Crippen molar-refractivity contribution in [2.45, 2.75) is 0 Å². The molecule has 0 amide bonds. The fraction of sp³-hybridized carbons (Fsp3) is 0. The van der Waals surface area contributed by atoms with E-state index in [2.05, 4.69) is 0 Å². The van der Waals surface area contributed by atoms with Gasteiger partial charge in [0.1, 0.15) is 0 Å². The van der Waals surface area contributed by atoms with Crippen LogP contribution in [0.1, 0.15) is 0 Å². The van der Waals surface area contributed by atoms with Crippen LogP contribution in [0, 0.1) is 0 Å². The van der Waals surface area contributed by atoms with Crippen LogP contribution in [-0.2, 0) is 61.3 Å². The molecule has 7 heteroatoms. The summed E-state index contributed by atoms with van der Waals surface area (Å²) in [5.74, 6) is 0. The third-order valence-electron chi connectivity index (χ3n) is 0. The number of halogens is 2. The number of hydrogen-bond acceptors (Lipinski definition) is 0. The predicted octanol–water partition coefficient (Wildman–Crippen LogP) is -6.24. The Labute approximate surface area is 70.7 Å². The van der Waals surface area contributed by atoms with E-state index in [0.717, 1.165) is 0 Å². The molecule has 0 aliphatic rings. The molecule has 7 heavy (non-hydrogen) atoms. The molecular weight excluding hydrogens is 247 g/mol. The molecule has 0 rings (SSSR count). The summed E-state index contributed by atoms with van der Waals surface area (Å²) in [6, 6.07) is 0. The van der Waals surface area contributed by atoms with Crippen molar-refractivity contribution < 1.29 is 70.7 Å². The molecule has 0 aliphatic heterocycles. The second kappa shape index (κ2) is 172. The molecule has 0 N–H and O–H groups in total. The Bertz CT molecular complexity index is 10.9. The maximum Gasteiger partial charge on any atom is 2.00 e. The van der Waals surface area contributed by atoms with Gasteiger partial charge in [-0.15, -0.1) is 0 Å². The Hall–Kier alpha value is 1.30. The monoisotopic (exact) mass is 247 g/mol. The summed E-state index contributed by atoms with van der Waals surface area (Å²) in [6.07, 6.45) is 0. The van der Waals surface area contributed by atoms with Crippen LogP contribution < -0.4 is 9.41 Å². The van der Waals surface area contributed by atoms with Gasteiger partial charge in [0.2, 0.25) is 0 Å². The number of rotatable bonds is 0. The van der Waals surface area contributed by atoms with Crippen LogP contribution >= 0.6 is 0 Å². The summed E-state index contributed by atoms with van der Waals surface area (Å²) in [6.45, 7) is 0. The molecule has 0 aromatic rings. The normalized spacial score (nSPS) is 0. The van der Waals surface area contributed by atoms with E-state index >= 15 is 0 Å². The quantitative estimate of drug-likeness (QED) is 0.409. The summed E-state index contributed by atoms with van der Waals surface area (Å²) in [4.78, 5) is 0. The molecule has 0 fully saturated rings. The Kier molecular flexibility index (Phi) is 6420. The van der Waals surface area contributed by atoms with E-state index in [1.165, 1.54) is 0 Å². The summed E-state index contributed by atoms with van der Waals surface area (Å²) < 4.78 is 0. The first-order valence-electron chi connectivity index (χ1n) is 0. The van der Waals surface area contributed by atoms with Gasteiger partial charge >= 0.3 is 50.3 Å². The van der Waals surface area contributed by atoms with Crippen molar-refractivity contribution in [2.75, 3.05) is 0 Å². The molecule has 0 spiro atoms. The van der Waals surface area contributed by atoms with Gasteiger partial charge in [0, 0.05) is 0 Å². The van der Waals surface area contributed by atoms with Crippen molar-refractivity contribution in [2.24, 2.45) is 0 Å². The van der Waals surface area contributed by atoms with Crippen molar-refractivity contribution in [3.8, 4) is 0 Å². The third kappa shape index (κ3) is 121. The van der Waals surface area contributed by atoms with E-state index in [9.17, 15) is 0 Å². The van der Waals surface area contributed by atoms with Gasteiger partial charge in [-0.3, -0.25) is 0 Å². The van der Waals surface area contributed by atoms with Crippen molar-refractivity contribution in [3.05, 3.63) is 0 Å². The van der Waals surface area contributed by atoms with E-state index in [0.29, 0.717) is 0 Å². The van der Waals surface area contributed by atoms with Crippen LogP contribution in [0.3, 0.4) is 0 Å². The summed E-state index contributed by atoms with van der Waals surface area (Å²) in [5, 5.41) is 0. The van der Waals surface area contributed by atoms with E-state index in [1.807, 2.05) is 0 Å². The average Bonchev–Trinajstić information content (AvgIpc) is 0. The van der Waals surface area contributed by atoms with Gasteiger partial charge in [-0.25, -0.2) is 0 Å². The zero-order valence-corrected chi connectivity index (χ0v) is 5.70. The average molecular weight is 247 g/mol. The Morgan fingerprint density at radius 3 is 0.429 bits per heavy atom. The van der Waals surface area contributed by atoms with Gasteiger partial charge in [0.25, 0.3) is 0 Å². The maximum atomic E-state index is 0. The summed E-state index contributed by atoms with van der Waals surface area (Å²) in [5.41, 5.74) is 0. The minimum atomic E-state index is 0. The van der Waals surface area contributed by atoms with Crippen LogP contribution in [-0.4, -0.2) is 0 Å². The fourth-order valence-electron chi connectivity index (χ4n) is 0. The van der Waals surface area contributed by atoms with Gasteiger partial charge < -0.3 is 20.4 Å². The summed E-state index contributed by atoms with van der Waals surface area (Å²) in [7, 11) is 0. The van der Waals surface area contributed by atoms with E-state index in [-0.39, 0.29) is 70.7 Å². The zero-order chi connectivity index (χ0) is 0. The molecule has 0 aromatic heterocycles. The minimum absolute atomic E-state index is 0. The first kappa shape index (κ1) is 262. The topological polar surface area (TPSA) is 57.0 Å². The maximum absolute atomic E-state index is 0. The number of hydrogen-bond donors (Lipinski definition) is 0. The Morgan fingerprint density at radius 2 is 0.429 bits per heavy atom. The Balaban J connectivity index is 0. The zero-order valence-electron chi connectivity index (χ0n) is 2.57. The smallest absolute Gasteiger partial charge is 2.00 e. The second-order valence-electron chi connectivity index (χ2n) is 0. The molecule has 0 aromatic carbocycles. The molecule has 3 radical (unpaired) electrons. The first-order chi connectivity index (χ1) is 0. The molecule has 0 aliphatic carbocycles. The second-order valence-corrected chi connectivity index (χ2v) is 0. The third-order valence-corrected chi connectivity index (χ3v) is 0. The Morgan fingerprint density at radius 1 is 0.429 bits per heavy atom. The van der Waals surface area contributed by atoms with Crippen molar-refractivity contribution in [1.82, 2.24) is 0 Å². The van der Waals surface area contributed by atoms with Crippen molar-refractivity contribution in [1.29, 1.82) is 0 Å². The molecule has 0 unspecified atom stereocenters. The van der Waals surface area contributed by atoms with Crippen LogP contribution in [0.15, 0.2) is 0 Å². The molecule has 0 saturated carbocycles. The van der Waals surface area contributed by atoms with Crippen LogP contribution in [0.25, 0.3) is 0 Å². The van der Waals surface area contributed by atoms with Crippen molar-refractivity contribution >= 4 is 0 Å². The van der Waals surface area contributed by atoms with Crippen molar-refractivity contribution in [3.63, 3.8) is 0 Å². The standard InChI is InChI=1S/3Co.2FH.2O/h;;;2*1H;;/q3*+2;;;2*-2/p-2. The van der Waals surface area contributed by atoms with E-state index in [4.69, 9.17) is 0 Å². The molecule has 2 nitrogen and oxygen atoms in total. The molecule has 53 valence electrons. The van der Waals surface area contributed by atoms with Crippen LogP contribution in [0.2, 0.25) is 0 Å². The van der Waals surface area contributed by atoms with Gasteiger partial charge in [0.05, 0.1) is 0 Å². The molecule has 0 heterocycles. The van der Waals surface area contributed by atoms with E-state index in [1.54, 1.807) is 0 Å². The van der Waals surface area contributed by atoms with Crippen LogP contribution in [0.5, 0.6) is 0 Å². The molecular formula is Co3F2O2. The molecule has 0 saturated heterocycles. The first-order valence-corrected chi connectivity index (χ1v) is 0. The van der Waals surface area contributed by atoms with Gasteiger partial charge in [-0.05, 0) is 0 Å². The van der Waals surface area contributed by atoms with Gasteiger partial charge in [0.15, 0.2) is 0 Å². The van der Waals surface area contributed by atoms with E-state index < -0.39 is 0 Å². The fourth-order valence-corrected chi connectivity index (χ4v) is 0. The molecule has 0 atom stereocenters. The largest absolute Gasteiger partial charge is 2.00 e. The van der Waals surface area contributed by atoms with Gasteiger partial charge in [-0.2, -0.15) is 0 Å². The summed E-state index contributed by atoms with van der Waals surface area (Å²) >= 11 is 0. The van der Waals surface area contributed by atoms with Crippen LogP contribution in [0.4, 0.5) is 0 Å². The van der Waals surface area contributed by atoms with Gasteiger partial charge in [-0.1, -0.05) is 0 Å². The SMILES string of the molecule is [Co+2].[Co+2].[Co+2].[F-].[F-].[O-2].[O-2]. The molecule has 0 bridgehead atoms. The minimum Gasteiger partial charge on any atom is -2.00 e. The predicted molar refractivity (Wildman–Crippen MR) is 1.37 cm³/mol.